The Balaban J connectivity index is 1.00. The average molecular weight is 766 g/mol. The van der Waals surface area contributed by atoms with Crippen LogP contribution in [0.1, 0.15) is 94.9 Å². The highest BCUT2D eigenvalue weighted by Gasteiger charge is 2.61. The summed E-state index contributed by atoms with van der Waals surface area (Å²) < 4.78 is 0. The molecule has 0 N–H and O–H groups in total. The maximum absolute atomic E-state index is 2.57. The lowest BCUT2D eigenvalue weighted by Crippen LogP contribution is -2.55. The first-order chi connectivity index (χ1) is 28.7. The second-order valence-corrected chi connectivity index (χ2v) is 20.4. The molecule has 0 atom stereocenters. The Kier molecular flexibility index (Phi) is 7.71. The number of benzene rings is 7. The van der Waals surface area contributed by atoms with Crippen LogP contribution in [0.4, 0.5) is 17.1 Å². The molecular weight excluding hydrogens is 711 g/mol. The van der Waals surface area contributed by atoms with Gasteiger partial charge in [0.2, 0.25) is 0 Å². The Labute approximate surface area is 351 Å². The van der Waals surface area contributed by atoms with Gasteiger partial charge in [0, 0.05) is 22.4 Å². The van der Waals surface area contributed by atoms with Crippen molar-refractivity contribution >= 4 is 27.8 Å². The van der Waals surface area contributed by atoms with E-state index in [1.165, 1.54) is 117 Å². The van der Waals surface area contributed by atoms with Gasteiger partial charge in [-0.3, -0.25) is 0 Å². The summed E-state index contributed by atoms with van der Waals surface area (Å²) in [7, 11) is 0. The molecule has 0 amide bonds. The van der Waals surface area contributed by atoms with Crippen LogP contribution < -0.4 is 4.90 Å². The van der Waals surface area contributed by atoms with E-state index in [-0.39, 0.29) is 16.2 Å². The van der Waals surface area contributed by atoms with E-state index < -0.39 is 0 Å². The maximum Gasteiger partial charge on any atom is 0.0543 e. The molecule has 292 valence electrons. The van der Waals surface area contributed by atoms with Crippen LogP contribution in [0.2, 0.25) is 0 Å². The van der Waals surface area contributed by atoms with Crippen molar-refractivity contribution in [3.63, 3.8) is 0 Å². The van der Waals surface area contributed by atoms with Gasteiger partial charge >= 0.3 is 0 Å². The molecule has 0 heterocycles. The first-order valence-corrected chi connectivity index (χ1v) is 22.6. The summed E-state index contributed by atoms with van der Waals surface area (Å²) in [5.41, 5.74) is 18.4. The van der Waals surface area contributed by atoms with E-state index in [4.69, 9.17) is 0 Å². The lowest BCUT2D eigenvalue weighted by atomic mass is 9.43. The van der Waals surface area contributed by atoms with Crippen molar-refractivity contribution in [3.8, 4) is 33.4 Å². The van der Waals surface area contributed by atoms with E-state index in [0.717, 1.165) is 23.7 Å². The molecule has 4 bridgehead atoms. The van der Waals surface area contributed by atoms with Gasteiger partial charge in [-0.05, 0) is 177 Å². The standard InChI is InChI=1S/C58H55N/c1-56(2)28-29-57(3,4)53-36-44(22-27-51(53)56)41-20-25-48(26-21-41)59(47-23-18-40(19-24-47)43-17-16-39-10-5-6-11-42(39)35-43)54-15-9-14-52-55(54)49-12-7-8-13-50(49)58(52)45-31-37-30-38(33-45)34-46(58)32-37/h5-27,35-38,45-46H,28-34H2,1-4H3. The summed E-state index contributed by atoms with van der Waals surface area (Å²) in [6, 6.07) is 58.5. The first-order valence-electron chi connectivity index (χ1n) is 22.6. The third kappa shape index (κ3) is 5.29. The Morgan fingerprint density at radius 3 is 1.64 bits per heavy atom. The third-order valence-electron chi connectivity index (χ3n) is 16.3. The van der Waals surface area contributed by atoms with Crippen molar-refractivity contribution in [1.82, 2.24) is 0 Å². The minimum atomic E-state index is 0.125. The minimum absolute atomic E-state index is 0.125. The van der Waals surface area contributed by atoms with Crippen molar-refractivity contribution in [3.05, 3.63) is 174 Å². The van der Waals surface area contributed by atoms with Crippen molar-refractivity contribution < 1.29 is 0 Å². The van der Waals surface area contributed by atoms with E-state index in [1.807, 2.05) is 0 Å². The van der Waals surface area contributed by atoms with Crippen LogP contribution in [-0.4, -0.2) is 0 Å². The summed E-state index contributed by atoms with van der Waals surface area (Å²) in [6.45, 7) is 9.70. The monoisotopic (exact) mass is 765 g/mol. The van der Waals surface area contributed by atoms with E-state index in [2.05, 4.69) is 184 Å². The number of anilines is 3. The zero-order valence-corrected chi connectivity index (χ0v) is 35.1. The number of hydrogen-bond donors (Lipinski definition) is 0. The molecule has 4 saturated carbocycles. The Morgan fingerprint density at radius 2 is 0.966 bits per heavy atom. The van der Waals surface area contributed by atoms with Gasteiger partial charge < -0.3 is 4.90 Å². The molecule has 1 spiro atoms. The molecule has 6 aliphatic rings. The summed E-state index contributed by atoms with van der Waals surface area (Å²) in [4.78, 5) is 2.57. The zero-order valence-electron chi connectivity index (χ0n) is 35.1. The second-order valence-electron chi connectivity index (χ2n) is 20.4. The average Bonchev–Trinajstić information content (AvgIpc) is 3.56. The fourth-order valence-corrected chi connectivity index (χ4v) is 13.5. The number of nitrogens with zero attached hydrogens (tertiary/aromatic N) is 1. The molecule has 6 aliphatic carbocycles. The van der Waals surface area contributed by atoms with Crippen LogP contribution in [0.3, 0.4) is 0 Å². The summed E-state index contributed by atoms with van der Waals surface area (Å²) in [6.07, 6.45) is 9.49. The first kappa shape index (κ1) is 35.5. The molecule has 0 unspecified atom stereocenters. The molecule has 1 nitrogen and oxygen atoms in total. The molecular formula is C58H55N. The van der Waals surface area contributed by atoms with Gasteiger partial charge in [-0.15, -0.1) is 0 Å². The fraction of sp³-hybridized carbons (Fsp3) is 0.310. The SMILES string of the molecule is CC1(C)CCC(C)(C)c2cc(-c3ccc(N(c4ccc(-c5ccc6ccccc6c5)cc4)c4cccc5c4-c4ccccc4C54C5CC6CC(C5)CC4C6)cc3)ccc21. The normalized spacial score (nSPS) is 25.2. The summed E-state index contributed by atoms with van der Waals surface area (Å²) >= 11 is 0. The summed E-state index contributed by atoms with van der Waals surface area (Å²) in [5, 5.41) is 2.56. The predicted octanol–water partition coefficient (Wildman–Crippen LogP) is 15.7. The smallest absolute Gasteiger partial charge is 0.0543 e. The van der Waals surface area contributed by atoms with E-state index in [1.54, 1.807) is 11.1 Å². The third-order valence-corrected chi connectivity index (χ3v) is 16.3. The van der Waals surface area contributed by atoms with Crippen molar-refractivity contribution in [1.29, 1.82) is 0 Å². The molecule has 0 saturated heterocycles. The quantitative estimate of drug-likeness (QED) is 0.169. The number of fused-ring (bicyclic) bond motifs is 5. The Hall–Kier alpha value is -5.40. The van der Waals surface area contributed by atoms with Gasteiger partial charge in [-0.1, -0.05) is 143 Å². The molecule has 4 fully saturated rings. The van der Waals surface area contributed by atoms with Gasteiger partial charge in [-0.2, -0.15) is 0 Å². The molecule has 7 aromatic carbocycles. The highest BCUT2D eigenvalue weighted by Crippen LogP contribution is 2.70. The molecule has 0 radical (unpaired) electrons. The van der Waals surface area contributed by atoms with Gasteiger partial charge in [0.1, 0.15) is 0 Å². The maximum atomic E-state index is 2.57. The van der Waals surface area contributed by atoms with E-state index in [9.17, 15) is 0 Å². The number of hydrogen-bond acceptors (Lipinski definition) is 1. The Morgan fingerprint density at radius 1 is 0.424 bits per heavy atom. The fourth-order valence-electron chi connectivity index (χ4n) is 13.5. The summed E-state index contributed by atoms with van der Waals surface area (Å²) in [5.74, 6) is 3.31. The van der Waals surface area contributed by atoms with E-state index in [0.29, 0.717) is 0 Å². The van der Waals surface area contributed by atoms with Crippen LogP contribution in [0.5, 0.6) is 0 Å². The van der Waals surface area contributed by atoms with Crippen LogP contribution in [-0.2, 0) is 16.2 Å². The van der Waals surface area contributed by atoms with Crippen LogP contribution in [0.25, 0.3) is 44.2 Å². The van der Waals surface area contributed by atoms with Gasteiger partial charge in [0.05, 0.1) is 5.69 Å². The zero-order chi connectivity index (χ0) is 39.7. The number of rotatable bonds is 5. The largest absolute Gasteiger partial charge is 0.310 e. The van der Waals surface area contributed by atoms with Crippen molar-refractivity contribution in [2.45, 2.75) is 88.9 Å². The molecule has 59 heavy (non-hydrogen) atoms. The highest BCUT2D eigenvalue weighted by molar-refractivity contribution is 5.96. The topological polar surface area (TPSA) is 3.24 Å². The van der Waals surface area contributed by atoms with Crippen LogP contribution in [0.15, 0.2) is 152 Å². The van der Waals surface area contributed by atoms with Crippen molar-refractivity contribution in [2.75, 3.05) is 4.90 Å². The predicted molar refractivity (Wildman–Crippen MR) is 248 cm³/mol. The molecule has 7 aromatic rings. The lowest BCUT2D eigenvalue weighted by Gasteiger charge is -2.61. The molecule has 0 aliphatic heterocycles. The van der Waals surface area contributed by atoms with Gasteiger partial charge in [-0.25, -0.2) is 0 Å². The molecule has 0 aromatic heterocycles. The molecule has 1 heteroatoms. The van der Waals surface area contributed by atoms with E-state index >= 15 is 0 Å². The van der Waals surface area contributed by atoms with Crippen LogP contribution in [0, 0.1) is 23.7 Å². The van der Waals surface area contributed by atoms with Gasteiger partial charge in [0.25, 0.3) is 0 Å². The highest BCUT2D eigenvalue weighted by atomic mass is 15.1. The second kappa shape index (κ2) is 12.8. The lowest BCUT2D eigenvalue weighted by molar-refractivity contribution is -0.0399. The van der Waals surface area contributed by atoms with Gasteiger partial charge in [0.15, 0.2) is 0 Å². The van der Waals surface area contributed by atoms with Crippen molar-refractivity contribution in [2.24, 2.45) is 23.7 Å². The Bertz CT molecular complexity index is 2750. The minimum Gasteiger partial charge on any atom is -0.310 e. The molecule has 13 rings (SSSR count). The van der Waals surface area contributed by atoms with Crippen LogP contribution >= 0.6 is 0 Å².